The Morgan fingerprint density at radius 2 is 1.83 bits per heavy atom. The molecule has 3 N–H and O–H groups in total. The third-order valence-corrected chi connectivity index (χ3v) is 7.08. The summed E-state index contributed by atoms with van der Waals surface area (Å²) in [5.41, 5.74) is -0.722. The van der Waals surface area contributed by atoms with Gasteiger partial charge in [0.15, 0.2) is 0 Å². The maximum absolute atomic E-state index is 14.7. The summed E-state index contributed by atoms with van der Waals surface area (Å²) >= 11 is 0. The minimum atomic E-state index is -2.96. The van der Waals surface area contributed by atoms with Gasteiger partial charge in [0.05, 0.1) is 28.4 Å². The molecule has 2 fully saturated rings. The van der Waals surface area contributed by atoms with Gasteiger partial charge in [0, 0.05) is 37.0 Å². The Labute approximate surface area is 214 Å². The summed E-state index contributed by atoms with van der Waals surface area (Å²) in [4.78, 5) is 28.6. The Morgan fingerprint density at radius 3 is 2.42 bits per heavy atom. The number of carbonyl (C=O) groups excluding carboxylic acids is 1. The van der Waals surface area contributed by atoms with Crippen LogP contribution in [0.2, 0.25) is 0 Å². The lowest BCUT2D eigenvalue weighted by atomic mass is 9.94. The molecule has 1 atom stereocenters. The number of piperidine rings is 1. The van der Waals surface area contributed by atoms with Gasteiger partial charge in [0.1, 0.15) is 5.82 Å². The average Bonchev–Trinajstić information content (AvgIpc) is 2.79. The number of amides is 1. The first-order valence-electron chi connectivity index (χ1n) is 11.9. The van der Waals surface area contributed by atoms with E-state index in [1.807, 2.05) is 14.0 Å². The van der Waals surface area contributed by atoms with Gasteiger partial charge in [-0.05, 0) is 46.8 Å². The van der Waals surface area contributed by atoms with E-state index < -0.39 is 35.3 Å². The number of pyridine rings is 1. The minimum absolute atomic E-state index is 0. The molecule has 1 aromatic carbocycles. The SMILES string of the molecule is C[C@@H](NC(=O)c1cn(C2(C)CNC2)c(=O)cc1NC1CCN(C)CC1)c1cccc(C(F)F)c1F.Cl. The summed E-state index contributed by atoms with van der Waals surface area (Å²) in [5.74, 6) is -1.54. The van der Waals surface area contributed by atoms with Crippen molar-refractivity contribution in [2.24, 2.45) is 0 Å². The summed E-state index contributed by atoms with van der Waals surface area (Å²) < 4.78 is 42.5. The van der Waals surface area contributed by atoms with Crippen molar-refractivity contribution in [3.63, 3.8) is 0 Å². The molecule has 2 saturated heterocycles. The highest BCUT2D eigenvalue weighted by Gasteiger charge is 2.35. The first-order valence-corrected chi connectivity index (χ1v) is 11.9. The van der Waals surface area contributed by atoms with Crippen LogP contribution in [-0.4, -0.2) is 54.6 Å². The van der Waals surface area contributed by atoms with Gasteiger partial charge in [-0.25, -0.2) is 13.2 Å². The van der Waals surface area contributed by atoms with Crippen LogP contribution in [0.3, 0.4) is 0 Å². The van der Waals surface area contributed by atoms with E-state index in [0.717, 1.165) is 32.0 Å². The molecule has 3 heterocycles. The quantitative estimate of drug-likeness (QED) is 0.512. The van der Waals surface area contributed by atoms with E-state index in [-0.39, 0.29) is 35.1 Å². The number of halogens is 4. The van der Waals surface area contributed by atoms with Crippen LogP contribution in [0.1, 0.15) is 60.6 Å². The summed E-state index contributed by atoms with van der Waals surface area (Å²) in [6.07, 6.45) is 0.326. The van der Waals surface area contributed by atoms with Crippen LogP contribution in [0.25, 0.3) is 0 Å². The van der Waals surface area contributed by atoms with Crippen LogP contribution in [0, 0.1) is 5.82 Å². The predicted molar refractivity (Wildman–Crippen MR) is 136 cm³/mol. The molecule has 0 saturated carbocycles. The molecule has 0 bridgehead atoms. The van der Waals surface area contributed by atoms with Crippen LogP contribution < -0.4 is 21.5 Å². The zero-order valence-electron chi connectivity index (χ0n) is 20.6. The number of likely N-dealkylation sites (tertiary alicyclic amines) is 1. The summed E-state index contributed by atoms with van der Waals surface area (Å²) in [5, 5.41) is 9.25. The van der Waals surface area contributed by atoms with E-state index in [1.165, 1.54) is 18.2 Å². The highest BCUT2D eigenvalue weighted by Crippen LogP contribution is 2.28. The van der Waals surface area contributed by atoms with E-state index in [2.05, 4.69) is 20.9 Å². The molecule has 1 amide bonds. The zero-order chi connectivity index (χ0) is 25.3. The number of aromatic nitrogens is 1. The topological polar surface area (TPSA) is 78.4 Å². The number of hydrogen-bond acceptors (Lipinski definition) is 5. The first-order chi connectivity index (χ1) is 16.6. The second-order valence-corrected chi connectivity index (χ2v) is 9.88. The van der Waals surface area contributed by atoms with Crippen molar-refractivity contribution in [3.05, 3.63) is 63.3 Å². The van der Waals surface area contributed by atoms with Crippen molar-refractivity contribution in [1.82, 2.24) is 20.1 Å². The van der Waals surface area contributed by atoms with E-state index in [1.54, 1.807) is 17.7 Å². The molecule has 0 unspecified atom stereocenters. The molecular formula is C25H33ClF3N5O2. The number of benzene rings is 1. The number of rotatable bonds is 7. The van der Waals surface area contributed by atoms with E-state index >= 15 is 0 Å². The van der Waals surface area contributed by atoms with Crippen LogP contribution >= 0.6 is 12.4 Å². The lowest BCUT2D eigenvalue weighted by Gasteiger charge is -2.41. The monoisotopic (exact) mass is 527 g/mol. The maximum atomic E-state index is 14.7. The molecule has 0 aliphatic carbocycles. The van der Waals surface area contributed by atoms with Crippen LogP contribution in [0.4, 0.5) is 18.9 Å². The lowest BCUT2D eigenvalue weighted by molar-refractivity contribution is 0.0937. The maximum Gasteiger partial charge on any atom is 0.266 e. The Morgan fingerprint density at radius 1 is 1.19 bits per heavy atom. The number of alkyl halides is 2. The number of carbonyl (C=O) groups is 1. The first kappa shape index (κ1) is 28.0. The molecule has 2 aliphatic heterocycles. The predicted octanol–water partition coefficient (Wildman–Crippen LogP) is 3.66. The van der Waals surface area contributed by atoms with Crippen molar-refractivity contribution in [3.8, 4) is 0 Å². The Balaban J connectivity index is 0.00000361. The van der Waals surface area contributed by atoms with Crippen molar-refractivity contribution < 1.29 is 18.0 Å². The van der Waals surface area contributed by atoms with E-state index in [4.69, 9.17) is 0 Å². The van der Waals surface area contributed by atoms with Gasteiger partial charge in [-0.15, -0.1) is 12.4 Å². The summed E-state index contributed by atoms with van der Waals surface area (Å²) in [7, 11) is 2.05. The van der Waals surface area contributed by atoms with E-state index in [0.29, 0.717) is 18.8 Å². The number of hydrogen-bond donors (Lipinski definition) is 3. The van der Waals surface area contributed by atoms with Gasteiger partial charge in [-0.1, -0.05) is 18.2 Å². The van der Waals surface area contributed by atoms with Crippen LogP contribution in [0.5, 0.6) is 0 Å². The average molecular weight is 528 g/mol. The largest absolute Gasteiger partial charge is 0.381 e. The molecule has 7 nitrogen and oxygen atoms in total. The highest BCUT2D eigenvalue weighted by molar-refractivity contribution is 5.99. The number of nitrogens with one attached hydrogen (secondary N) is 3. The van der Waals surface area contributed by atoms with Gasteiger partial charge in [0.25, 0.3) is 17.9 Å². The van der Waals surface area contributed by atoms with Gasteiger partial charge >= 0.3 is 0 Å². The Kier molecular flexibility index (Phi) is 8.74. The molecule has 198 valence electrons. The Bertz CT molecular complexity index is 1150. The van der Waals surface area contributed by atoms with Gasteiger partial charge in [0.2, 0.25) is 0 Å². The fourth-order valence-corrected chi connectivity index (χ4v) is 4.71. The van der Waals surface area contributed by atoms with Gasteiger partial charge in [-0.3, -0.25) is 9.59 Å². The molecule has 0 spiro atoms. The molecule has 2 aromatic rings. The van der Waals surface area contributed by atoms with Crippen molar-refractivity contribution in [1.29, 1.82) is 0 Å². The van der Waals surface area contributed by atoms with Crippen LogP contribution in [-0.2, 0) is 5.54 Å². The number of nitrogens with zero attached hydrogens (tertiary/aromatic N) is 2. The lowest BCUT2D eigenvalue weighted by Crippen LogP contribution is -2.61. The van der Waals surface area contributed by atoms with E-state index in [9.17, 15) is 22.8 Å². The minimum Gasteiger partial charge on any atom is -0.381 e. The molecule has 4 rings (SSSR count). The normalized spacial score (nSPS) is 18.8. The fraction of sp³-hybridized carbons (Fsp3) is 0.520. The molecule has 0 radical (unpaired) electrons. The smallest absolute Gasteiger partial charge is 0.266 e. The van der Waals surface area contributed by atoms with Crippen molar-refractivity contribution in [2.75, 3.05) is 38.5 Å². The highest BCUT2D eigenvalue weighted by atomic mass is 35.5. The second-order valence-electron chi connectivity index (χ2n) is 9.88. The molecular weight excluding hydrogens is 495 g/mol. The molecule has 36 heavy (non-hydrogen) atoms. The third-order valence-electron chi connectivity index (χ3n) is 7.08. The zero-order valence-corrected chi connectivity index (χ0v) is 21.4. The summed E-state index contributed by atoms with van der Waals surface area (Å²) in [6.45, 7) is 6.47. The summed E-state index contributed by atoms with van der Waals surface area (Å²) in [6, 6.07) is 4.45. The van der Waals surface area contributed by atoms with Crippen molar-refractivity contribution in [2.45, 2.75) is 50.7 Å². The second kappa shape index (κ2) is 11.2. The molecule has 1 aromatic heterocycles. The fourth-order valence-electron chi connectivity index (χ4n) is 4.71. The van der Waals surface area contributed by atoms with Crippen LogP contribution in [0.15, 0.2) is 35.3 Å². The standard InChI is InChI=1S/C25H32F3N5O2.ClH/c1-15(17-5-4-6-18(22(17)26)23(27)28)30-24(35)19-12-33(25(2)13-29-14-25)21(34)11-20(19)31-16-7-9-32(3)10-8-16;/h4-6,11-12,15-16,23,29,31H,7-10,13-14H2,1-3H3,(H,30,35);1H/t15-;/m1./s1. The van der Waals surface area contributed by atoms with Crippen molar-refractivity contribution >= 4 is 24.0 Å². The van der Waals surface area contributed by atoms with Gasteiger partial charge in [-0.2, -0.15) is 0 Å². The Hall–Kier alpha value is -2.56. The number of anilines is 1. The van der Waals surface area contributed by atoms with Gasteiger partial charge < -0.3 is 25.4 Å². The molecule has 11 heteroatoms. The molecule has 2 aliphatic rings. The third kappa shape index (κ3) is 5.71.